The van der Waals surface area contributed by atoms with Crippen LogP contribution in [0.2, 0.25) is 0 Å². The van der Waals surface area contributed by atoms with Gasteiger partial charge >= 0.3 is 5.97 Å². The summed E-state index contributed by atoms with van der Waals surface area (Å²) in [6.45, 7) is 7.26. The number of benzene rings is 1. The highest BCUT2D eigenvalue weighted by Crippen LogP contribution is 2.68. The Kier molecular flexibility index (Phi) is 7.13. The molecule has 5 rings (SSSR count). The second-order valence-electron chi connectivity index (χ2n) is 13.3. The van der Waals surface area contributed by atoms with Crippen molar-refractivity contribution in [2.45, 2.75) is 91.1 Å². The number of carbonyl (C=O) groups excluding carboxylic acids is 2. The van der Waals surface area contributed by atoms with E-state index < -0.39 is 0 Å². The second-order valence-corrected chi connectivity index (χ2v) is 13.3. The van der Waals surface area contributed by atoms with Crippen molar-refractivity contribution in [3.63, 3.8) is 0 Å². The smallest absolute Gasteiger partial charge is 0.305 e. The fourth-order valence-corrected chi connectivity index (χ4v) is 9.88. The Morgan fingerprint density at radius 2 is 1.72 bits per heavy atom. The lowest BCUT2D eigenvalue weighted by Gasteiger charge is -2.62. The number of esters is 1. The van der Waals surface area contributed by atoms with E-state index in [1.165, 1.54) is 25.5 Å². The molecular formula is C32H46O4. The van der Waals surface area contributed by atoms with Crippen LogP contribution in [0.5, 0.6) is 0 Å². The number of ether oxygens (including phenoxy) is 1. The van der Waals surface area contributed by atoms with Crippen LogP contribution < -0.4 is 0 Å². The minimum Gasteiger partial charge on any atom is -0.469 e. The van der Waals surface area contributed by atoms with E-state index in [1.54, 1.807) is 0 Å². The molecule has 10 atom stereocenters. The summed E-state index contributed by atoms with van der Waals surface area (Å²) < 4.78 is 4.91. The summed E-state index contributed by atoms with van der Waals surface area (Å²) in [4.78, 5) is 26.4. The van der Waals surface area contributed by atoms with Crippen molar-refractivity contribution in [3.8, 4) is 0 Å². The molecular weight excluding hydrogens is 448 g/mol. The first-order valence-electron chi connectivity index (χ1n) is 14.5. The molecule has 0 spiro atoms. The molecule has 4 saturated carbocycles. The topological polar surface area (TPSA) is 63.6 Å². The van der Waals surface area contributed by atoms with Gasteiger partial charge in [0.25, 0.3) is 0 Å². The number of Topliss-reactive ketones (excluding diaryl/α,β-unsaturated/α-hetero) is 1. The number of carbonyl (C=O) groups is 2. The van der Waals surface area contributed by atoms with E-state index in [0.29, 0.717) is 35.9 Å². The molecule has 198 valence electrons. The van der Waals surface area contributed by atoms with Crippen LogP contribution in [-0.2, 0) is 20.7 Å². The second kappa shape index (κ2) is 9.89. The zero-order valence-electron chi connectivity index (χ0n) is 22.7. The van der Waals surface area contributed by atoms with E-state index in [9.17, 15) is 14.7 Å². The van der Waals surface area contributed by atoms with Gasteiger partial charge in [-0.05, 0) is 104 Å². The van der Waals surface area contributed by atoms with Crippen LogP contribution >= 0.6 is 0 Å². The lowest BCUT2D eigenvalue weighted by atomic mass is 9.41. The number of rotatable bonds is 6. The molecule has 36 heavy (non-hydrogen) atoms. The van der Waals surface area contributed by atoms with Crippen LogP contribution in [0, 0.1) is 52.3 Å². The third kappa shape index (κ3) is 4.25. The summed E-state index contributed by atoms with van der Waals surface area (Å²) in [6, 6.07) is 10.5. The fourth-order valence-electron chi connectivity index (χ4n) is 9.88. The lowest BCUT2D eigenvalue weighted by Crippen LogP contribution is -2.61. The number of hydrogen-bond donors (Lipinski definition) is 1. The Morgan fingerprint density at radius 3 is 2.44 bits per heavy atom. The summed E-state index contributed by atoms with van der Waals surface area (Å²) in [6.07, 6.45) is 9.20. The predicted molar refractivity (Wildman–Crippen MR) is 141 cm³/mol. The molecule has 1 aromatic carbocycles. The number of aliphatic hydroxyl groups is 1. The van der Waals surface area contributed by atoms with Gasteiger partial charge in [-0.2, -0.15) is 0 Å². The van der Waals surface area contributed by atoms with E-state index >= 15 is 0 Å². The molecule has 0 amide bonds. The molecule has 0 aromatic heterocycles. The van der Waals surface area contributed by atoms with Crippen LogP contribution in [-0.4, -0.2) is 30.1 Å². The van der Waals surface area contributed by atoms with Gasteiger partial charge in [0.2, 0.25) is 0 Å². The predicted octanol–water partition coefficient (Wildman–Crippen LogP) is 6.24. The Hall–Kier alpha value is -1.68. The summed E-state index contributed by atoms with van der Waals surface area (Å²) in [5.74, 6) is 2.71. The molecule has 0 aliphatic heterocycles. The zero-order chi connectivity index (χ0) is 25.7. The van der Waals surface area contributed by atoms with Crippen molar-refractivity contribution in [1.82, 2.24) is 0 Å². The van der Waals surface area contributed by atoms with Gasteiger partial charge in [0, 0.05) is 18.3 Å². The van der Waals surface area contributed by atoms with Gasteiger partial charge in [0.1, 0.15) is 5.78 Å². The molecule has 0 bridgehead atoms. The quantitative estimate of drug-likeness (QED) is 0.475. The van der Waals surface area contributed by atoms with Gasteiger partial charge in [-0.25, -0.2) is 0 Å². The standard InChI is InChI=1S/C32H46O4/c1-20(10-13-28(34)36-4)24-11-12-25-29-26(15-17-31(24,25)2)32(3)16-14-22(33)19-27(32)23(30(29)35)18-21-8-6-5-7-9-21/h5-9,20,22-27,29,33H,10-19H2,1-4H3/t20-,22-,23-,24-,25+,26+,27+,29+,31-,32-/m1/s1. The molecule has 1 aromatic rings. The van der Waals surface area contributed by atoms with Gasteiger partial charge in [0.15, 0.2) is 0 Å². The Bertz CT molecular complexity index is 958. The Morgan fingerprint density at radius 1 is 1.03 bits per heavy atom. The molecule has 0 heterocycles. The molecule has 1 N–H and O–H groups in total. The normalized spacial score (nSPS) is 42.7. The van der Waals surface area contributed by atoms with Gasteiger partial charge in [-0.3, -0.25) is 9.59 Å². The number of aliphatic hydroxyl groups excluding tert-OH is 1. The van der Waals surface area contributed by atoms with Crippen molar-refractivity contribution in [3.05, 3.63) is 35.9 Å². The van der Waals surface area contributed by atoms with Crippen molar-refractivity contribution >= 4 is 11.8 Å². The zero-order valence-corrected chi connectivity index (χ0v) is 22.7. The summed E-state index contributed by atoms with van der Waals surface area (Å²) in [5.41, 5.74) is 1.55. The molecule has 0 saturated heterocycles. The SMILES string of the molecule is COC(=O)CC[C@@H](C)[C@H]1CC[C@H]2[C@@H]3C(=O)[C@H](Cc4ccccc4)[C@@H]4C[C@H](O)CC[C@]4(C)[C@H]3CC[C@]12C. The number of ketones is 1. The Balaban J connectivity index is 1.44. The summed E-state index contributed by atoms with van der Waals surface area (Å²) in [7, 11) is 1.47. The summed E-state index contributed by atoms with van der Waals surface area (Å²) in [5, 5.41) is 10.7. The largest absolute Gasteiger partial charge is 0.469 e. The van der Waals surface area contributed by atoms with E-state index in [0.717, 1.165) is 44.9 Å². The monoisotopic (exact) mass is 494 g/mol. The molecule has 4 heteroatoms. The van der Waals surface area contributed by atoms with E-state index in [-0.39, 0.29) is 40.7 Å². The molecule has 0 radical (unpaired) electrons. The van der Waals surface area contributed by atoms with Gasteiger partial charge in [-0.15, -0.1) is 0 Å². The highest BCUT2D eigenvalue weighted by Gasteiger charge is 2.65. The number of fused-ring (bicyclic) bond motifs is 5. The molecule has 4 fully saturated rings. The van der Waals surface area contributed by atoms with Crippen molar-refractivity contribution in [2.24, 2.45) is 52.3 Å². The van der Waals surface area contributed by atoms with Gasteiger partial charge in [0.05, 0.1) is 13.2 Å². The maximum atomic E-state index is 14.5. The third-order valence-electron chi connectivity index (χ3n) is 11.8. The maximum absolute atomic E-state index is 14.5. The lowest BCUT2D eigenvalue weighted by molar-refractivity contribution is -0.173. The minimum absolute atomic E-state index is 0.00625. The van der Waals surface area contributed by atoms with Crippen LogP contribution in [0.4, 0.5) is 0 Å². The highest BCUT2D eigenvalue weighted by atomic mass is 16.5. The average Bonchev–Trinajstić information content (AvgIpc) is 3.23. The van der Waals surface area contributed by atoms with E-state index in [1.807, 2.05) is 6.07 Å². The van der Waals surface area contributed by atoms with Crippen molar-refractivity contribution in [1.29, 1.82) is 0 Å². The molecule has 4 nitrogen and oxygen atoms in total. The molecule has 4 aliphatic carbocycles. The van der Waals surface area contributed by atoms with E-state index in [2.05, 4.69) is 45.0 Å². The van der Waals surface area contributed by atoms with Crippen LogP contribution in [0.25, 0.3) is 0 Å². The first-order chi connectivity index (χ1) is 17.2. The summed E-state index contributed by atoms with van der Waals surface area (Å²) >= 11 is 0. The maximum Gasteiger partial charge on any atom is 0.305 e. The molecule has 0 unspecified atom stereocenters. The average molecular weight is 495 g/mol. The van der Waals surface area contributed by atoms with Crippen molar-refractivity contribution in [2.75, 3.05) is 7.11 Å². The number of methoxy groups -OCH3 is 1. The number of hydrogen-bond acceptors (Lipinski definition) is 4. The molecule has 4 aliphatic rings. The van der Waals surface area contributed by atoms with E-state index in [4.69, 9.17) is 4.74 Å². The third-order valence-corrected chi connectivity index (χ3v) is 11.8. The van der Waals surface area contributed by atoms with Crippen LogP contribution in [0.15, 0.2) is 30.3 Å². The first-order valence-corrected chi connectivity index (χ1v) is 14.5. The van der Waals surface area contributed by atoms with Gasteiger partial charge in [-0.1, -0.05) is 51.1 Å². The van der Waals surface area contributed by atoms with Crippen LogP contribution in [0.3, 0.4) is 0 Å². The Labute approximate surface area is 217 Å². The van der Waals surface area contributed by atoms with Crippen molar-refractivity contribution < 1.29 is 19.4 Å². The highest BCUT2D eigenvalue weighted by molar-refractivity contribution is 5.86. The van der Waals surface area contributed by atoms with Crippen LogP contribution in [0.1, 0.15) is 84.1 Å². The fraction of sp³-hybridized carbons (Fsp3) is 0.750. The first kappa shape index (κ1) is 25.9. The van der Waals surface area contributed by atoms with Gasteiger partial charge < -0.3 is 9.84 Å². The minimum atomic E-state index is -0.272.